The predicted octanol–water partition coefficient (Wildman–Crippen LogP) is 2.35. The minimum atomic E-state index is 0.625. The van der Waals surface area contributed by atoms with Crippen LogP contribution in [0.2, 0.25) is 0 Å². The first kappa shape index (κ1) is 19.2. The molecule has 6 nitrogen and oxygen atoms in total. The van der Waals surface area contributed by atoms with Gasteiger partial charge < -0.3 is 20.1 Å². The summed E-state index contributed by atoms with van der Waals surface area (Å²) in [6, 6.07) is 3.94. The molecule has 0 aliphatic heterocycles. The third-order valence-corrected chi connectivity index (χ3v) is 3.22. The lowest BCUT2D eigenvalue weighted by Gasteiger charge is -2.14. The molecule has 0 radical (unpaired) electrons. The van der Waals surface area contributed by atoms with Crippen LogP contribution in [0.4, 0.5) is 0 Å². The van der Waals surface area contributed by atoms with E-state index in [0.29, 0.717) is 19.0 Å². The van der Waals surface area contributed by atoms with Crippen LogP contribution in [0, 0.1) is 0 Å². The van der Waals surface area contributed by atoms with Gasteiger partial charge in [-0.2, -0.15) is 0 Å². The van der Waals surface area contributed by atoms with Crippen molar-refractivity contribution in [3.8, 4) is 5.88 Å². The molecule has 0 amide bonds. The van der Waals surface area contributed by atoms with E-state index < -0.39 is 0 Å². The first-order chi connectivity index (χ1) is 11.3. The van der Waals surface area contributed by atoms with Gasteiger partial charge in [-0.05, 0) is 25.8 Å². The van der Waals surface area contributed by atoms with E-state index in [9.17, 15) is 0 Å². The summed E-state index contributed by atoms with van der Waals surface area (Å²) in [5.41, 5.74) is 1.03. The fourth-order valence-corrected chi connectivity index (χ4v) is 1.93. The maximum atomic E-state index is 5.74. The van der Waals surface area contributed by atoms with Crippen molar-refractivity contribution in [3.05, 3.63) is 23.9 Å². The highest BCUT2D eigenvalue weighted by atomic mass is 16.5. The number of aromatic nitrogens is 1. The van der Waals surface area contributed by atoms with Crippen LogP contribution < -0.4 is 15.4 Å². The highest BCUT2D eigenvalue weighted by molar-refractivity contribution is 5.79. The molecule has 1 aromatic heterocycles. The Morgan fingerprint density at radius 2 is 2.09 bits per heavy atom. The second-order valence-electron chi connectivity index (χ2n) is 5.07. The second-order valence-corrected chi connectivity index (χ2v) is 5.07. The van der Waals surface area contributed by atoms with Crippen molar-refractivity contribution in [1.29, 1.82) is 0 Å². The van der Waals surface area contributed by atoms with Crippen LogP contribution in [-0.4, -0.2) is 44.4 Å². The number of pyridine rings is 1. The van der Waals surface area contributed by atoms with Gasteiger partial charge in [0.15, 0.2) is 5.96 Å². The molecule has 1 rings (SSSR count). The molecule has 23 heavy (non-hydrogen) atoms. The topological polar surface area (TPSA) is 67.8 Å². The lowest BCUT2D eigenvalue weighted by molar-refractivity contribution is 0.145. The summed E-state index contributed by atoms with van der Waals surface area (Å²) in [5.74, 6) is 1.46. The summed E-state index contributed by atoms with van der Waals surface area (Å²) in [6.45, 7) is 7.82. The third kappa shape index (κ3) is 8.40. The van der Waals surface area contributed by atoms with Crippen LogP contribution in [0.1, 0.15) is 38.7 Å². The number of nitrogens with zero attached hydrogens (tertiary/aromatic N) is 2. The predicted molar refractivity (Wildman–Crippen MR) is 94.0 cm³/mol. The number of unbranched alkanes of at least 4 members (excludes halogenated alkanes) is 1. The van der Waals surface area contributed by atoms with E-state index in [4.69, 9.17) is 9.47 Å². The van der Waals surface area contributed by atoms with E-state index in [1.165, 1.54) is 0 Å². The molecule has 0 aliphatic carbocycles. The van der Waals surface area contributed by atoms with Crippen LogP contribution in [0.15, 0.2) is 23.3 Å². The molecule has 1 heterocycles. The van der Waals surface area contributed by atoms with Gasteiger partial charge in [0.25, 0.3) is 0 Å². The molecule has 0 aromatic carbocycles. The second kappa shape index (κ2) is 12.7. The van der Waals surface area contributed by atoms with Gasteiger partial charge in [-0.15, -0.1) is 0 Å². The molecule has 1 aromatic rings. The molecule has 0 spiro atoms. The summed E-state index contributed by atoms with van der Waals surface area (Å²) in [5, 5.41) is 6.55. The van der Waals surface area contributed by atoms with Crippen molar-refractivity contribution >= 4 is 5.96 Å². The Labute approximate surface area is 139 Å². The smallest absolute Gasteiger partial charge is 0.218 e. The summed E-state index contributed by atoms with van der Waals surface area (Å²) in [7, 11) is 1.76. The van der Waals surface area contributed by atoms with Crippen molar-refractivity contribution in [2.45, 2.75) is 39.7 Å². The molecule has 0 bridgehead atoms. The lowest BCUT2D eigenvalue weighted by atomic mass is 10.2. The molecule has 0 unspecified atom stereocenters. The van der Waals surface area contributed by atoms with Crippen molar-refractivity contribution in [2.24, 2.45) is 4.99 Å². The van der Waals surface area contributed by atoms with Crippen molar-refractivity contribution < 1.29 is 9.47 Å². The Hall–Kier alpha value is -1.82. The van der Waals surface area contributed by atoms with Gasteiger partial charge in [-0.3, -0.25) is 4.99 Å². The fraction of sp³-hybridized carbons (Fsp3) is 0.647. The molecular weight excluding hydrogens is 292 g/mol. The molecule has 2 N–H and O–H groups in total. The number of rotatable bonds is 11. The van der Waals surface area contributed by atoms with Crippen molar-refractivity contribution in [2.75, 3.05) is 33.4 Å². The van der Waals surface area contributed by atoms with Gasteiger partial charge in [0, 0.05) is 45.1 Å². The number of aliphatic imine (C=N–C) groups is 1. The Morgan fingerprint density at radius 1 is 1.22 bits per heavy atom. The van der Waals surface area contributed by atoms with E-state index in [1.54, 1.807) is 13.2 Å². The van der Waals surface area contributed by atoms with Crippen LogP contribution in [-0.2, 0) is 11.3 Å². The summed E-state index contributed by atoms with van der Waals surface area (Å²) >= 11 is 0. The molecule has 0 aliphatic rings. The van der Waals surface area contributed by atoms with Crippen LogP contribution in [0.25, 0.3) is 0 Å². The van der Waals surface area contributed by atoms with E-state index in [1.807, 2.05) is 19.1 Å². The Kier molecular flexibility index (Phi) is 10.6. The molecule has 6 heteroatoms. The minimum absolute atomic E-state index is 0.625. The monoisotopic (exact) mass is 322 g/mol. The summed E-state index contributed by atoms with van der Waals surface area (Å²) in [4.78, 5) is 8.53. The zero-order valence-electron chi connectivity index (χ0n) is 14.6. The summed E-state index contributed by atoms with van der Waals surface area (Å²) in [6.07, 6.45) is 4.85. The number of nitrogens with one attached hydrogen (secondary N) is 2. The van der Waals surface area contributed by atoms with Gasteiger partial charge in [-0.25, -0.2) is 4.98 Å². The van der Waals surface area contributed by atoms with Gasteiger partial charge >= 0.3 is 0 Å². The third-order valence-electron chi connectivity index (χ3n) is 3.22. The first-order valence-corrected chi connectivity index (χ1v) is 8.40. The largest absolute Gasteiger partial charge is 0.477 e. The van der Waals surface area contributed by atoms with Gasteiger partial charge in [0.2, 0.25) is 5.88 Å². The average Bonchev–Trinajstić information content (AvgIpc) is 2.58. The number of ether oxygens (including phenoxy) is 2. The maximum Gasteiger partial charge on any atom is 0.218 e. The SMILES string of the molecule is CCCCOc1ncccc1CNC(=NC)NCCCOCC. The quantitative estimate of drug-likeness (QED) is 0.372. The van der Waals surface area contributed by atoms with Crippen molar-refractivity contribution in [1.82, 2.24) is 15.6 Å². The average molecular weight is 322 g/mol. The minimum Gasteiger partial charge on any atom is -0.477 e. The highest BCUT2D eigenvalue weighted by Gasteiger charge is 2.05. The normalized spacial score (nSPS) is 11.3. The molecule has 0 saturated heterocycles. The van der Waals surface area contributed by atoms with Crippen molar-refractivity contribution in [3.63, 3.8) is 0 Å². The number of hydrogen-bond acceptors (Lipinski definition) is 4. The van der Waals surface area contributed by atoms with Crippen LogP contribution in [0.5, 0.6) is 5.88 Å². The number of guanidine groups is 1. The van der Waals surface area contributed by atoms with Crippen LogP contribution >= 0.6 is 0 Å². The molecule has 0 saturated carbocycles. The van der Waals surface area contributed by atoms with Gasteiger partial charge in [0.1, 0.15) is 0 Å². The number of hydrogen-bond donors (Lipinski definition) is 2. The van der Waals surface area contributed by atoms with E-state index >= 15 is 0 Å². The standard InChI is InChI=1S/C17H30N4O2/c1-4-6-13-23-16-15(9-7-10-19-16)14-21-17(18-3)20-11-8-12-22-5-2/h7,9-10H,4-6,8,11-14H2,1-3H3,(H2,18,20,21). The highest BCUT2D eigenvalue weighted by Crippen LogP contribution is 2.14. The summed E-state index contributed by atoms with van der Waals surface area (Å²) < 4.78 is 11.1. The lowest BCUT2D eigenvalue weighted by Crippen LogP contribution is -2.37. The maximum absolute atomic E-state index is 5.74. The Bertz CT molecular complexity index is 452. The first-order valence-electron chi connectivity index (χ1n) is 8.40. The Balaban J connectivity index is 2.39. The Morgan fingerprint density at radius 3 is 2.83 bits per heavy atom. The van der Waals surface area contributed by atoms with Gasteiger partial charge in [-0.1, -0.05) is 19.4 Å². The molecule has 0 fully saturated rings. The molecular formula is C17H30N4O2. The zero-order valence-corrected chi connectivity index (χ0v) is 14.6. The van der Waals surface area contributed by atoms with E-state index in [-0.39, 0.29) is 0 Å². The van der Waals surface area contributed by atoms with E-state index in [0.717, 1.165) is 50.5 Å². The molecule has 0 atom stereocenters. The fourth-order valence-electron chi connectivity index (χ4n) is 1.93. The van der Waals surface area contributed by atoms with Crippen LogP contribution in [0.3, 0.4) is 0 Å². The van der Waals surface area contributed by atoms with E-state index in [2.05, 4.69) is 27.5 Å². The van der Waals surface area contributed by atoms with Gasteiger partial charge in [0.05, 0.1) is 6.61 Å². The molecule has 130 valence electrons. The zero-order chi connectivity index (χ0) is 16.8.